The topological polar surface area (TPSA) is 66.3 Å². The van der Waals surface area contributed by atoms with Crippen LogP contribution in [0.4, 0.5) is 21.9 Å². The number of hydrogen-bond acceptors (Lipinski definition) is 5. The standard InChI is InChI=1S/C16H20Cl2N4O2S/c1-16(2,3)24-15(23)22-6-4-9(5-7-22)19-12-10(17)8-11(18)13-14(12)21-25-20-13/h8-9,19H,4-7H2,1-3H3. The van der Waals surface area contributed by atoms with Crippen LogP contribution in [0.15, 0.2) is 14.8 Å². The highest BCUT2D eigenvalue weighted by Crippen LogP contribution is 2.48. The predicted octanol–water partition coefficient (Wildman–Crippen LogP) is 5.53. The van der Waals surface area contributed by atoms with E-state index in [0.717, 1.165) is 29.9 Å². The van der Waals surface area contributed by atoms with Gasteiger partial charge in [0.25, 0.3) is 0 Å². The van der Waals surface area contributed by atoms with Gasteiger partial charge in [0.15, 0.2) is 0 Å². The van der Waals surface area contributed by atoms with Gasteiger partial charge in [-0.3, -0.25) is 0 Å². The Morgan fingerprint density at radius 2 is 1.88 bits per heavy atom. The molecule has 9 heteroatoms. The van der Waals surface area contributed by atoms with Crippen LogP contribution in [0.2, 0.25) is 10.0 Å². The van der Waals surface area contributed by atoms with E-state index >= 15 is 0 Å². The molecule has 0 aromatic heterocycles. The molecule has 1 N–H and O–H groups in total. The highest BCUT2D eigenvalue weighted by atomic mass is 35.5. The van der Waals surface area contributed by atoms with Crippen LogP contribution in [0.3, 0.4) is 0 Å². The summed E-state index contributed by atoms with van der Waals surface area (Å²) >= 11 is 13.6. The average Bonchev–Trinajstić information content (AvgIpc) is 3.00. The van der Waals surface area contributed by atoms with E-state index in [1.54, 1.807) is 11.0 Å². The maximum Gasteiger partial charge on any atom is 0.410 e. The number of benzene rings is 1. The van der Waals surface area contributed by atoms with E-state index in [0.29, 0.717) is 34.5 Å². The number of carbonyl (C=O) groups excluding carboxylic acids is 1. The van der Waals surface area contributed by atoms with Gasteiger partial charge >= 0.3 is 6.09 Å². The Morgan fingerprint density at radius 3 is 2.52 bits per heavy atom. The molecule has 1 aromatic rings. The van der Waals surface area contributed by atoms with Gasteiger partial charge in [-0.1, -0.05) is 23.2 Å². The summed E-state index contributed by atoms with van der Waals surface area (Å²) in [7, 11) is 0. The van der Waals surface area contributed by atoms with Crippen molar-refractivity contribution in [2.75, 3.05) is 18.4 Å². The minimum atomic E-state index is -0.480. The number of rotatable bonds is 2. The molecule has 1 saturated heterocycles. The normalized spacial score (nSPS) is 17.2. The number of piperidine rings is 1. The second-order valence-electron chi connectivity index (χ2n) is 7.06. The van der Waals surface area contributed by atoms with Crippen molar-refractivity contribution < 1.29 is 9.53 Å². The summed E-state index contributed by atoms with van der Waals surface area (Å²) in [4.78, 5) is 13.9. The number of carbonyl (C=O) groups is 1. The molecule has 2 aliphatic heterocycles. The number of fused-ring (bicyclic) bond motifs is 1. The Balaban J connectivity index is 1.63. The minimum absolute atomic E-state index is 0.197. The molecular weight excluding hydrogens is 383 g/mol. The predicted molar refractivity (Wildman–Crippen MR) is 102 cm³/mol. The molecule has 2 aliphatic rings. The Hall–Kier alpha value is -1.31. The number of likely N-dealkylation sites (tertiary alicyclic amines) is 1. The molecule has 0 radical (unpaired) electrons. The van der Waals surface area contributed by atoms with Crippen molar-refractivity contribution in [2.45, 2.75) is 45.3 Å². The summed E-state index contributed by atoms with van der Waals surface area (Å²) in [5.41, 5.74) is 1.62. The number of halogens is 2. The fraction of sp³-hybridized carbons (Fsp3) is 0.562. The van der Waals surface area contributed by atoms with Crippen LogP contribution in [0.1, 0.15) is 33.6 Å². The molecular formula is C16H20Cl2N4O2S. The lowest BCUT2D eigenvalue weighted by Crippen LogP contribution is -2.44. The Bertz CT molecular complexity index is 764. The molecule has 0 bridgehead atoms. The van der Waals surface area contributed by atoms with Crippen LogP contribution in [-0.4, -0.2) is 35.7 Å². The SMILES string of the molecule is CC(C)(C)OC(=O)N1CCC(Nc2c(Cl)cc(Cl)c3c2N=S=N3)CC1. The van der Waals surface area contributed by atoms with Gasteiger partial charge in [0.05, 0.1) is 27.1 Å². The van der Waals surface area contributed by atoms with Crippen LogP contribution >= 0.6 is 23.2 Å². The van der Waals surface area contributed by atoms with Gasteiger partial charge in [0.2, 0.25) is 0 Å². The lowest BCUT2D eigenvalue weighted by Gasteiger charge is -2.34. The molecule has 1 aromatic carbocycles. The molecule has 1 fully saturated rings. The molecule has 6 nitrogen and oxygen atoms in total. The van der Waals surface area contributed by atoms with E-state index in [9.17, 15) is 4.79 Å². The molecule has 136 valence electrons. The van der Waals surface area contributed by atoms with Gasteiger partial charge in [-0.25, -0.2) is 4.79 Å². The molecule has 0 unspecified atom stereocenters. The van der Waals surface area contributed by atoms with Crippen molar-refractivity contribution in [2.24, 2.45) is 8.73 Å². The Labute approximate surface area is 160 Å². The van der Waals surface area contributed by atoms with Gasteiger partial charge in [-0.05, 0) is 39.7 Å². The smallest absolute Gasteiger partial charge is 0.410 e. The Morgan fingerprint density at radius 1 is 1.24 bits per heavy atom. The van der Waals surface area contributed by atoms with Crippen molar-refractivity contribution in [1.82, 2.24) is 4.90 Å². The minimum Gasteiger partial charge on any atom is -0.444 e. The van der Waals surface area contributed by atoms with E-state index in [1.165, 1.54) is 0 Å². The van der Waals surface area contributed by atoms with E-state index in [2.05, 4.69) is 14.0 Å². The molecule has 0 spiro atoms. The lowest BCUT2D eigenvalue weighted by atomic mass is 10.0. The molecule has 0 aliphatic carbocycles. The van der Waals surface area contributed by atoms with Gasteiger partial charge in [0, 0.05) is 19.1 Å². The van der Waals surface area contributed by atoms with E-state index in [-0.39, 0.29) is 12.1 Å². The van der Waals surface area contributed by atoms with Crippen LogP contribution < -0.4 is 5.32 Å². The van der Waals surface area contributed by atoms with Crippen molar-refractivity contribution in [3.8, 4) is 0 Å². The summed E-state index contributed by atoms with van der Waals surface area (Å²) in [5.74, 6) is 0. The van der Waals surface area contributed by atoms with E-state index < -0.39 is 5.60 Å². The zero-order chi connectivity index (χ0) is 18.2. The number of hydrogen-bond donors (Lipinski definition) is 1. The third-order valence-corrected chi connectivity index (χ3v) is 5.05. The summed E-state index contributed by atoms with van der Waals surface area (Å²) in [5, 5.41) is 4.47. The van der Waals surface area contributed by atoms with Gasteiger partial charge in [-0.2, -0.15) is 8.73 Å². The van der Waals surface area contributed by atoms with Crippen LogP contribution in [0.25, 0.3) is 0 Å². The van der Waals surface area contributed by atoms with E-state index in [4.69, 9.17) is 27.9 Å². The summed E-state index contributed by atoms with van der Waals surface area (Å²) < 4.78 is 13.9. The fourth-order valence-electron chi connectivity index (χ4n) is 2.75. The first-order valence-corrected chi connectivity index (χ1v) is 9.58. The summed E-state index contributed by atoms with van der Waals surface area (Å²) in [6, 6.07) is 1.88. The number of nitrogens with one attached hydrogen (secondary N) is 1. The highest BCUT2D eigenvalue weighted by molar-refractivity contribution is 7.58. The van der Waals surface area contributed by atoms with Crippen LogP contribution in [0.5, 0.6) is 0 Å². The monoisotopic (exact) mass is 402 g/mol. The number of ether oxygens (including phenoxy) is 1. The highest BCUT2D eigenvalue weighted by Gasteiger charge is 2.28. The fourth-order valence-corrected chi connectivity index (χ4v) is 3.92. The first-order valence-electron chi connectivity index (χ1n) is 8.09. The largest absolute Gasteiger partial charge is 0.444 e. The quantitative estimate of drug-likeness (QED) is 0.717. The third-order valence-electron chi connectivity index (χ3n) is 3.94. The average molecular weight is 403 g/mol. The van der Waals surface area contributed by atoms with Crippen molar-refractivity contribution in [3.63, 3.8) is 0 Å². The lowest BCUT2D eigenvalue weighted by molar-refractivity contribution is 0.0210. The van der Waals surface area contributed by atoms with Gasteiger partial charge in [-0.15, -0.1) is 0 Å². The van der Waals surface area contributed by atoms with Crippen molar-refractivity contribution in [3.05, 3.63) is 16.1 Å². The first kappa shape index (κ1) is 18.5. The van der Waals surface area contributed by atoms with Crippen molar-refractivity contribution >= 4 is 57.7 Å². The second kappa shape index (κ2) is 7.13. The van der Waals surface area contributed by atoms with Crippen molar-refractivity contribution in [1.29, 1.82) is 0 Å². The molecule has 2 heterocycles. The maximum atomic E-state index is 12.1. The van der Waals surface area contributed by atoms with Gasteiger partial charge < -0.3 is 15.0 Å². The zero-order valence-electron chi connectivity index (χ0n) is 14.3. The molecule has 0 atom stereocenters. The van der Waals surface area contributed by atoms with Crippen LogP contribution in [-0.2, 0) is 16.1 Å². The molecule has 0 saturated carbocycles. The van der Waals surface area contributed by atoms with Gasteiger partial charge in [0.1, 0.15) is 17.0 Å². The number of anilines is 1. The summed E-state index contributed by atoms with van der Waals surface area (Å²) in [6.45, 7) is 6.88. The van der Waals surface area contributed by atoms with E-state index in [1.807, 2.05) is 20.8 Å². The second-order valence-corrected chi connectivity index (χ2v) is 8.41. The number of amides is 1. The first-order chi connectivity index (χ1) is 11.7. The Kier molecular flexibility index (Phi) is 5.27. The third kappa shape index (κ3) is 4.27. The number of nitrogens with zero attached hydrogens (tertiary/aromatic N) is 3. The molecule has 1 amide bonds. The zero-order valence-corrected chi connectivity index (χ0v) is 16.6. The summed E-state index contributed by atoms with van der Waals surface area (Å²) in [6.07, 6.45) is 1.34. The maximum absolute atomic E-state index is 12.1. The molecule has 3 rings (SSSR count). The molecule has 25 heavy (non-hydrogen) atoms. The van der Waals surface area contributed by atoms with Crippen LogP contribution in [0, 0.1) is 0 Å².